The molecule has 0 amide bonds. The van der Waals surface area contributed by atoms with Gasteiger partial charge < -0.3 is 9.47 Å². The monoisotopic (exact) mass is 249 g/mol. The van der Waals surface area contributed by atoms with Crippen LogP contribution in [0.4, 0.5) is 0 Å². The molecule has 0 N–H and O–H groups in total. The van der Waals surface area contributed by atoms with E-state index in [1.807, 2.05) is 6.07 Å². The SMILES string of the molecule is CC(C)(C)c1cc2c(c(C(C)(C)C)n1)OCCO2. The summed E-state index contributed by atoms with van der Waals surface area (Å²) in [5.41, 5.74) is 2.00. The molecule has 0 unspecified atom stereocenters. The van der Waals surface area contributed by atoms with Gasteiger partial charge in [0, 0.05) is 16.9 Å². The molecule has 18 heavy (non-hydrogen) atoms. The zero-order valence-electron chi connectivity index (χ0n) is 12.3. The van der Waals surface area contributed by atoms with E-state index in [1.165, 1.54) is 0 Å². The van der Waals surface area contributed by atoms with Crippen molar-refractivity contribution >= 4 is 0 Å². The van der Waals surface area contributed by atoms with Gasteiger partial charge in [-0.05, 0) is 0 Å². The predicted molar refractivity (Wildman–Crippen MR) is 72.6 cm³/mol. The van der Waals surface area contributed by atoms with E-state index in [-0.39, 0.29) is 10.8 Å². The lowest BCUT2D eigenvalue weighted by Gasteiger charge is -2.29. The Morgan fingerprint density at radius 2 is 1.56 bits per heavy atom. The normalized spacial score (nSPS) is 15.7. The van der Waals surface area contributed by atoms with E-state index in [2.05, 4.69) is 41.5 Å². The first kappa shape index (κ1) is 13.2. The molecule has 3 heteroatoms. The highest BCUT2D eigenvalue weighted by atomic mass is 16.6. The first-order valence-corrected chi connectivity index (χ1v) is 6.51. The van der Waals surface area contributed by atoms with Gasteiger partial charge in [-0.3, -0.25) is 4.98 Å². The molecule has 1 aromatic heterocycles. The van der Waals surface area contributed by atoms with Crippen LogP contribution in [0, 0.1) is 0 Å². The third kappa shape index (κ3) is 2.45. The van der Waals surface area contributed by atoms with Crippen LogP contribution in [0.25, 0.3) is 0 Å². The van der Waals surface area contributed by atoms with Gasteiger partial charge in [0.15, 0.2) is 11.5 Å². The van der Waals surface area contributed by atoms with Crippen LogP contribution in [0.15, 0.2) is 6.07 Å². The molecule has 0 aromatic carbocycles. The summed E-state index contributed by atoms with van der Waals surface area (Å²) in [5.74, 6) is 1.66. The van der Waals surface area contributed by atoms with Crippen molar-refractivity contribution in [2.24, 2.45) is 0 Å². The lowest BCUT2D eigenvalue weighted by Crippen LogP contribution is -2.25. The van der Waals surface area contributed by atoms with E-state index in [0.29, 0.717) is 13.2 Å². The summed E-state index contributed by atoms with van der Waals surface area (Å²) in [6.45, 7) is 14.2. The first-order chi connectivity index (χ1) is 8.19. The zero-order valence-corrected chi connectivity index (χ0v) is 12.3. The van der Waals surface area contributed by atoms with Crippen molar-refractivity contribution in [3.05, 3.63) is 17.5 Å². The van der Waals surface area contributed by atoms with Crippen molar-refractivity contribution in [3.63, 3.8) is 0 Å². The average molecular weight is 249 g/mol. The van der Waals surface area contributed by atoms with Gasteiger partial charge in [0.05, 0.1) is 11.4 Å². The van der Waals surface area contributed by atoms with E-state index in [0.717, 1.165) is 22.9 Å². The summed E-state index contributed by atoms with van der Waals surface area (Å²) < 4.78 is 11.5. The highest BCUT2D eigenvalue weighted by molar-refractivity contribution is 5.49. The Morgan fingerprint density at radius 1 is 0.944 bits per heavy atom. The highest BCUT2D eigenvalue weighted by Gasteiger charge is 2.29. The Kier molecular flexibility index (Phi) is 3.04. The molecule has 2 heterocycles. The first-order valence-electron chi connectivity index (χ1n) is 6.51. The number of pyridine rings is 1. The van der Waals surface area contributed by atoms with Crippen molar-refractivity contribution < 1.29 is 9.47 Å². The summed E-state index contributed by atoms with van der Waals surface area (Å²) in [6, 6.07) is 2.02. The summed E-state index contributed by atoms with van der Waals surface area (Å²) in [5, 5.41) is 0. The van der Waals surface area contributed by atoms with Crippen LogP contribution in [0.1, 0.15) is 52.9 Å². The van der Waals surface area contributed by atoms with Crippen LogP contribution in [0.5, 0.6) is 11.5 Å². The Balaban J connectivity index is 2.63. The molecule has 0 bridgehead atoms. The third-order valence-corrected chi connectivity index (χ3v) is 3.01. The zero-order chi connectivity index (χ0) is 13.6. The van der Waals surface area contributed by atoms with Crippen LogP contribution in [0.2, 0.25) is 0 Å². The fraction of sp³-hybridized carbons (Fsp3) is 0.667. The summed E-state index contributed by atoms with van der Waals surface area (Å²) in [6.07, 6.45) is 0. The molecule has 0 spiro atoms. The van der Waals surface area contributed by atoms with Gasteiger partial charge in [-0.2, -0.15) is 0 Å². The maximum Gasteiger partial charge on any atom is 0.183 e. The molecular formula is C15H23NO2. The van der Waals surface area contributed by atoms with Crippen molar-refractivity contribution in [2.75, 3.05) is 13.2 Å². The van der Waals surface area contributed by atoms with Crippen molar-refractivity contribution in [1.29, 1.82) is 0 Å². The molecule has 0 fully saturated rings. The molecule has 0 saturated heterocycles. The number of rotatable bonds is 0. The average Bonchev–Trinajstić information content (AvgIpc) is 2.25. The van der Waals surface area contributed by atoms with E-state index in [9.17, 15) is 0 Å². The van der Waals surface area contributed by atoms with Crippen LogP contribution < -0.4 is 9.47 Å². The molecule has 2 rings (SSSR count). The minimum absolute atomic E-state index is 0.00976. The minimum atomic E-state index is -0.0496. The number of ether oxygens (including phenoxy) is 2. The molecule has 0 aliphatic carbocycles. The second-order valence-corrected chi connectivity index (χ2v) is 6.88. The molecule has 0 saturated carbocycles. The molecule has 3 nitrogen and oxygen atoms in total. The van der Waals surface area contributed by atoms with Crippen LogP contribution >= 0.6 is 0 Å². The lowest BCUT2D eigenvalue weighted by atomic mass is 9.87. The number of hydrogen-bond donors (Lipinski definition) is 0. The maximum atomic E-state index is 5.76. The van der Waals surface area contributed by atoms with Gasteiger partial charge >= 0.3 is 0 Å². The Morgan fingerprint density at radius 3 is 2.11 bits per heavy atom. The molecular weight excluding hydrogens is 226 g/mol. The summed E-state index contributed by atoms with van der Waals surface area (Å²) in [4.78, 5) is 4.82. The van der Waals surface area contributed by atoms with Gasteiger partial charge in [0.2, 0.25) is 0 Å². The molecule has 0 radical (unpaired) electrons. The van der Waals surface area contributed by atoms with Gasteiger partial charge in [0.25, 0.3) is 0 Å². The third-order valence-electron chi connectivity index (χ3n) is 3.01. The number of hydrogen-bond acceptors (Lipinski definition) is 3. The molecule has 1 aliphatic rings. The predicted octanol–water partition coefficient (Wildman–Crippen LogP) is 3.45. The van der Waals surface area contributed by atoms with E-state index in [4.69, 9.17) is 14.5 Å². The second kappa shape index (κ2) is 4.15. The van der Waals surface area contributed by atoms with Crippen LogP contribution in [0.3, 0.4) is 0 Å². The lowest BCUT2D eigenvalue weighted by molar-refractivity contribution is 0.166. The Hall–Kier alpha value is -1.25. The highest BCUT2D eigenvalue weighted by Crippen LogP contribution is 2.41. The largest absolute Gasteiger partial charge is 0.486 e. The molecule has 0 atom stereocenters. The number of nitrogens with zero attached hydrogens (tertiary/aromatic N) is 1. The smallest absolute Gasteiger partial charge is 0.183 e. The second-order valence-electron chi connectivity index (χ2n) is 6.88. The standard InChI is InChI=1S/C15H23NO2/c1-14(2,3)11-9-10-12(18-8-7-17-10)13(16-11)15(4,5)6/h9H,7-8H2,1-6H3. The van der Waals surface area contributed by atoms with Gasteiger partial charge in [-0.25, -0.2) is 0 Å². The van der Waals surface area contributed by atoms with Crippen molar-refractivity contribution in [3.8, 4) is 11.5 Å². The van der Waals surface area contributed by atoms with E-state index < -0.39 is 0 Å². The molecule has 1 aromatic rings. The fourth-order valence-corrected chi connectivity index (χ4v) is 1.94. The fourth-order valence-electron chi connectivity index (χ4n) is 1.94. The Labute approximate surface area is 110 Å². The maximum absolute atomic E-state index is 5.76. The summed E-state index contributed by atoms with van der Waals surface area (Å²) in [7, 11) is 0. The van der Waals surface area contributed by atoms with Gasteiger partial charge in [-0.1, -0.05) is 41.5 Å². The van der Waals surface area contributed by atoms with E-state index in [1.54, 1.807) is 0 Å². The summed E-state index contributed by atoms with van der Waals surface area (Å²) >= 11 is 0. The Bertz CT molecular complexity index is 453. The van der Waals surface area contributed by atoms with Gasteiger partial charge in [-0.15, -0.1) is 0 Å². The van der Waals surface area contributed by atoms with Crippen molar-refractivity contribution in [1.82, 2.24) is 4.98 Å². The van der Waals surface area contributed by atoms with Crippen LogP contribution in [-0.4, -0.2) is 18.2 Å². The van der Waals surface area contributed by atoms with Gasteiger partial charge in [0.1, 0.15) is 13.2 Å². The van der Waals surface area contributed by atoms with Crippen LogP contribution in [-0.2, 0) is 10.8 Å². The minimum Gasteiger partial charge on any atom is -0.486 e. The molecule has 100 valence electrons. The topological polar surface area (TPSA) is 31.4 Å². The van der Waals surface area contributed by atoms with E-state index >= 15 is 0 Å². The number of aromatic nitrogens is 1. The quantitative estimate of drug-likeness (QED) is 0.705. The number of fused-ring (bicyclic) bond motifs is 1. The molecule has 1 aliphatic heterocycles. The van der Waals surface area contributed by atoms with Crippen molar-refractivity contribution in [2.45, 2.75) is 52.4 Å².